The van der Waals surface area contributed by atoms with E-state index in [4.69, 9.17) is 4.99 Å². The van der Waals surface area contributed by atoms with Gasteiger partial charge >= 0.3 is 0 Å². The maximum absolute atomic E-state index is 5.22. The molecule has 5 rings (SSSR count). The van der Waals surface area contributed by atoms with E-state index in [2.05, 4.69) is 136 Å². The molecule has 182 valence electrons. The maximum Gasteiger partial charge on any atom is 0.0847 e. The van der Waals surface area contributed by atoms with Crippen LogP contribution in [0.5, 0.6) is 0 Å². The smallest absolute Gasteiger partial charge is 0.0847 e. The first-order valence-electron chi connectivity index (χ1n) is 12.7. The number of aryl methyl sites for hydroxylation is 1. The number of benzene rings is 5. The van der Waals surface area contributed by atoms with Gasteiger partial charge in [-0.15, -0.1) is 11.8 Å². The number of allylic oxidation sites excluding steroid dienone is 2. The van der Waals surface area contributed by atoms with Crippen LogP contribution in [0.15, 0.2) is 126 Å². The van der Waals surface area contributed by atoms with Crippen LogP contribution in [0.4, 0.5) is 0 Å². The Balaban J connectivity index is 1.66. The molecule has 1 nitrogen and oxygen atoms in total. The third-order valence-corrected chi connectivity index (χ3v) is 7.84. The molecular weight excluding hydrogens is 466 g/mol. The van der Waals surface area contributed by atoms with Crippen molar-refractivity contribution in [1.29, 1.82) is 0 Å². The second-order valence-corrected chi connectivity index (χ2v) is 10.0. The molecule has 5 aromatic carbocycles. The number of hydrogen-bond acceptors (Lipinski definition) is 2. The minimum Gasteiger partial charge on any atom is -0.247 e. The van der Waals surface area contributed by atoms with Gasteiger partial charge in [-0.3, -0.25) is 0 Å². The zero-order valence-corrected chi connectivity index (χ0v) is 22.5. The monoisotopic (exact) mass is 497 g/mol. The molecule has 0 saturated carbocycles. The summed E-state index contributed by atoms with van der Waals surface area (Å²) in [6, 6.07) is 38.8. The van der Waals surface area contributed by atoms with Gasteiger partial charge in [0.1, 0.15) is 0 Å². The number of nitrogens with zero attached hydrogens (tertiary/aromatic N) is 1. The predicted octanol–water partition coefficient (Wildman–Crippen LogP) is 9.81. The summed E-state index contributed by atoms with van der Waals surface area (Å²) in [6.07, 6.45) is 3.14. The van der Waals surface area contributed by atoms with E-state index < -0.39 is 0 Å². The van der Waals surface area contributed by atoms with Crippen LogP contribution in [0.1, 0.15) is 36.1 Å². The average molecular weight is 498 g/mol. The molecule has 0 spiro atoms. The summed E-state index contributed by atoms with van der Waals surface area (Å²) in [7, 11) is 0. The Kier molecular flexibility index (Phi) is 7.39. The number of aliphatic imine (C=N–C) groups is 1. The molecule has 0 heterocycles. The third kappa shape index (κ3) is 5.16. The van der Waals surface area contributed by atoms with Gasteiger partial charge < -0.3 is 0 Å². The van der Waals surface area contributed by atoms with E-state index in [1.165, 1.54) is 38.2 Å². The molecule has 0 aromatic heterocycles. The molecule has 0 fully saturated rings. The topological polar surface area (TPSA) is 12.4 Å². The molecular formula is C35H31NS. The van der Waals surface area contributed by atoms with Gasteiger partial charge in [0.15, 0.2) is 0 Å². The van der Waals surface area contributed by atoms with Gasteiger partial charge in [0, 0.05) is 16.0 Å². The molecule has 5 aromatic rings. The highest BCUT2D eigenvalue weighted by Crippen LogP contribution is 2.32. The van der Waals surface area contributed by atoms with Crippen molar-refractivity contribution in [2.75, 3.05) is 6.26 Å². The minimum absolute atomic E-state index is 0.761. The molecule has 0 aliphatic carbocycles. The minimum atomic E-state index is 0.761. The molecule has 0 N–H and O–H groups in total. The molecule has 0 radical (unpaired) electrons. The van der Waals surface area contributed by atoms with Gasteiger partial charge in [-0.25, -0.2) is 4.99 Å². The lowest BCUT2D eigenvalue weighted by molar-refractivity contribution is 1.14. The van der Waals surface area contributed by atoms with Crippen molar-refractivity contribution >= 4 is 50.3 Å². The van der Waals surface area contributed by atoms with Gasteiger partial charge in [-0.1, -0.05) is 117 Å². The fraction of sp³-hybridized carbons (Fsp3) is 0.114. The molecule has 0 atom stereocenters. The van der Waals surface area contributed by atoms with Crippen molar-refractivity contribution in [3.63, 3.8) is 0 Å². The van der Waals surface area contributed by atoms with E-state index in [9.17, 15) is 0 Å². The highest BCUT2D eigenvalue weighted by atomic mass is 32.2. The molecule has 0 aliphatic rings. The van der Waals surface area contributed by atoms with E-state index in [-0.39, 0.29) is 0 Å². The van der Waals surface area contributed by atoms with Crippen LogP contribution in [0.2, 0.25) is 0 Å². The highest BCUT2D eigenvalue weighted by Gasteiger charge is 2.15. The Morgan fingerprint density at radius 2 is 1.32 bits per heavy atom. The second kappa shape index (κ2) is 11.0. The third-order valence-electron chi connectivity index (χ3n) is 6.93. The SMILES string of the molecule is C=C(N=C(/C(SC)=C(\C)c1ccccc1)c1ccc(CC)cc1)c1ccc2ccc3ccccc3c2c1. The fourth-order valence-electron chi connectivity index (χ4n) is 4.77. The Bertz CT molecular complexity index is 1640. The average Bonchev–Trinajstić information content (AvgIpc) is 2.97. The summed E-state index contributed by atoms with van der Waals surface area (Å²) >= 11 is 1.74. The molecule has 0 bridgehead atoms. The number of rotatable bonds is 7. The van der Waals surface area contributed by atoms with Crippen molar-refractivity contribution in [3.8, 4) is 0 Å². The van der Waals surface area contributed by atoms with Crippen molar-refractivity contribution in [1.82, 2.24) is 0 Å². The summed E-state index contributed by atoms with van der Waals surface area (Å²) < 4.78 is 0. The van der Waals surface area contributed by atoms with Crippen LogP contribution in [0.25, 0.3) is 32.8 Å². The summed E-state index contributed by atoms with van der Waals surface area (Å²) in [6.45, 7) is 8.81. The van der Waals surface area contributed by atoms with Crippen molar-refractivity contribution < 1.29 is 0 Å². The number of fused-ring (bicyclic) bond motifs is 3. The second-order valence-electron chi connectivity index (χ2n) is 9.20. The van der Waals surface area contributed by atoms with Crippen LogP contribution in [0.3, 0.4) is 0 Å². The van der Waals surface area contributed by atoms with Gasteiger partial charge in [0.25, 0.3) is 0 Å². The van der Waals surface area contributed by atoms with Crippen molar-refractivity contribution in [3.05, 3.63) is 143 Å². The van der Waals surface area contributed by atoms with Gasteiger partial charge in [0.05, 0.1) is 11.4 Å². The largest absolute Gasteiger partial charge is 0.247 e. The van der Waals surface area contributed by atoms with Gasteiger partial charge in [0.2, 0.25) is 0 Å². The lowest BCUT2D eigenvalue weighted by Crippen LogP contribution is -2.06. The molecule has 0 amide bonds. The predicted molar refractivity (Wildman–Crippen MR) is 165 cm³/mol. The fourth-order valence-corrected chi connectivity index (χ4v) is 5.55. The lowest BCUT2D eigenvalue weighted by atomic mass is 9.98. The molecule has 0 aliphatic heterocycles. The Labute approximate surface area is 224 Å². The zero-order chi connectivity index (χ0) is 25.8. The van der Waals surface area contributed by atoms with Crippen LogP contribution < -0.4 is 0 Å². The first-order chi connectivity index (χ1) is 18.1. The van der Waals surface area contributed by atoms with E-state index in [0.717, 1.165) is 33.9 Å². The first-order valence-corrected chi connectivity index (χ1v) is 13.9. The highest BCUT2D eigenvalue weighted by molar-refractivity contribution is 8.03. The zero-order valence-electron chi connectivity index (χ0n) is 21.7. The summed E-state index contributed by atoms with van der Waals surface area (Å²) in [5.74, 6) is 0. The van der Waals surface area contributed by atoms with Gasteiger partial charge in [-0.05, 0) is 63.9 Å². The normalized spacial score (nSPS) is 12.6. The Morgan fingerprint density at radius 3 is 2.03 bits per heavy atom. The van der Waals surface area contributed by atoms with E-state index in [0.29, 0.717) is 0 Å². The van der Waals surface area contributed by atoms with Crippen LogP contribution in [0, 0.1) is 0 Å². The van der Waals surface area contributed by atoms with E-state index in [1.807, 2.05) is 0 Å². The van der Waals surface area contributed by atoms with Crippen LogP contribution >= 0.6 is 11.8 Å². The van der Waals surface area contributed by atoms with E-state index in [1.54, 1.807) is 11.8 Å². The summed E-state index contributed by atoms with van der Waals surface area (Å²) in [5.41, 5.74) is 7.58. The quantitative estimate of drug-likeness (QED) is 0.161. The number of hydrogen-bond donors (Lipinski definition) is 0. The molecule has 0 saturated heterocycles. The molecule has 37 heavy (non-hydrogen) atoms. The first kappa shape index (κ1) is 24.8. The van der Waals surface area contributed by atoms with Crippen LogP contribution in [-0.4, -0.2) is 12.0 Å². The molecule has 2 heteroatoms. The van der Waals surface area contributed by atoms with Gasteiger partial charge in [-0.2, -0.15) is 0 Å². The Morgan fingerprint density at radius 1 is 0.703 bits per heavy atom. The summed E-state index contributed by atoms with van der Waals surface area (Å²) in [4.78, 5) is 6.38. The number of thioether (sulfide) groups is 1. The summed E-state index contributed by atoms with van der Waals surface area (Å²) in [5, 5.41) is 4.93. The standard InChI is InChI=1S/C35H31NS/c1-5-26-15-17-30(18-16-26)34(35(37-4)24(2)27-11-7-6-8-12-27)36-25(3)31-22-21-29-20-19-28-13-9-10-14-32(28)33(29)23-31/h6-23H,3,5H2,1-2,4H3/b35-24-,36-34?. The Hall–Kier alpha value is -3.88. The van der Waals surface area contributed by atoms with Crippen molar-refractivity contribution in [2.24, 2.45) is 4.99 Å². The van der Waals surface area contributed by atoms with E-state index >= 15 is 0 Å². The maximum atomic E-state index is 5.22. The van der Waals surface area contributed by atoms with Crippen molar-refractivity contribution in [2.45, 2.75) is 20.3 Å². The lowest BCUT2D eigenvalue weighted by Gasteiger charge is -2.16. The van der Waals surface area contributed by atoms with Crippen LogP contribution in [-0.2, 0) is 6.42 Å². The molecule has 0 unspecified atom stereocenters.